The maximum atomic E-state index is 14.4. The summed E-state index contributed by atoms with van der Waals surface area (Å²) in [4.78, 5) is 136. The zero-order valence-electron chi connectivity index (χ0n) is 55.1. The monoisotopic (exact) mass is 1310 g/mol. The fourth-order valence-corrected chi connectivity index (χ4v) is 11.1. The molecule has 2 saturated heterocycles. The van der Waals surface area contributed by atoms with Gasteiger partial charge in [-0.15, -0.1) is 0 Å². The number of aliphatic hydroxyl groups is 1. The molecule has 2 aromatic carbocycles. The Morgan fingerprint density at radius 3 is 2.26 bits per heavy atom. The van der Waals surface area contributed by atoms with Crippen LogP contribution in [0.4, 0.5) is 25.8 Å². The molecule has 3 aliphatic rings. The number of nitrogens with zero attached hydrogens (tertiary/aromatic N) is 3. The maximum Gasteiger partial charge on any atom is 0.409 e. The number of rotatable bonds is 27. The number of alkyl carbamates (subject to hydrolysis) is 1. The lowest BCUT2D eigenvalue weighted by atomic mass is 9.83. The fraction of sp³-hybridized carbons (Fsp3) is 0.600. The molecule has 9 amide bonds. The summed E-state index contributed by atoms with van der Waals surface area (Å²) in [6.07, 6.45) is 1.65. The summed E-state index contributed by atoms with van der Waals surface area (Å²) >= 11 is 6.84. The molecule has 0 saturated carbocycles. The van der Waals surface area contributed by atoms with E-state index in [-0.39, 0.29) is 73.9 Å². The number of epoxide rings is 1. The first-order chi connectivity index (χ1) is 43.3. The third-order valence-corrected chi connectivity index (χ3v) is 17.3. The second kappa shape index (κ2) is 34.2. The number of benzene rings is 2. The van der Waals surface area contributed by atoms with Crippen LogP contribution in [0.25, 0.3) is 0 Å². The number of amides is 9. The highest BCUT2D eigenvalue weighted by Crippen LogP contribution is 2.49. The van der Waals surface area contributed by atoms with Crippen molar-refractivity contribution in [1.29, 1.82) is 0 Å². The van der Waals surface area contributed by atoms with Crippen molar-refractivity contribution in [1.82, 2.24) is 31.1 Å². The molecule has 0 spiro atoms. The molecule has 0 aliphatic carbocycles. The quantitative estimate of drug-likeness (QED) is 0.0221. The number of Topliss-reactive ketones (excluding diaryl/α,β-unsaturated/α-hetero) is 1. The van der Waals surface area contributed by atoms with E-state index >= 15 is 0 Å². The normalized spacial score (nSPS) is 23.3. The summed E-state index contributed by atoms with van der Waals surface area (Å²) in [7, 11) is 7.22. The standard InChI is InChI=1S/C65H94ClN9O17/c1-37(2)47(76)21-14-15-23-52(77)71-56(38(3)4)59(81)70-45(20-16-17-29-68-61(67)83)58(80)69-44-26-24-42(25-27-44)36-89-63(85)73(9)30-28-53(78)74(10)41(7)60(82)91-51-34-54(79)75(11)46-32-43(33-48(87-12)55(46)66)31-39(5)19-18-22-50(88-13)65(86)35-49(90-62(84)72-65)40(6)57-64(51,8)92-57/h18-19,22,24-27,32-33,37-38,40-41,45,49-51,56-57,86H,14-17,20-21,23,28-31,34-36H2,1-13H3,(H,69,80)(H,70,81)(H,71,77)(H,72,84)(H3,67,68,83)/b22-18+,39-19+/t40-,41+,45+,49+,50-,51+,56+,57+,64+,65+/m1/s1. The van der Waals surface area contributed by atoms with E-state index in [9.17, 15) is 53.1 Å². The molecule has 0 unspecified atom stereocenters. The maximum absolute atomic E-state index is 14.4. The molecule has 8 N–H and O–H groups in total. The number of esters is 1. The van der Waals surface area contributed by atoms with Crippen molar-refractivity contribution in [2.45, 2.75) is 186 Å². The summed E-state index contributed by atoms with van der Waals surface area (Å²) < 4.78 is 35.0. The molecule has 508 valence electrons. The van der Waals surface area contributed by atoms with Gasteiger partial charge in [0, 0.05) is 84.5 Å². The van der Waals surface area contributed by atoms with E-state index in [1.165, 1.54) is 52.1 Å². The number of urea groups is 1. The number of ketones is 1. The van der Waals surface area contributed by atoms with Crippen LogP contribution in [0.1, 0.15) is 131 Å². The van der Waals surface area contributed by atoms with Crippen LogP contribution in [0.3, 0.4) is 0 Å². The lowest BCUT2D eigenvalue weighted by molar-refractivity contribution is -0.162. The lowest BCUT2D eigenvalue weighted by Gasteiger charge is -2.42. The molecule has 0 aromatic heterocycles. The number of ether oxygens (including phenoxy) is 6. The number of carbonyl (C=O) groups excluding carboxylic acids is 10. The number of anilines is 2. The van der Waals surface area contributed by atoms with Crippen LogP contribution in [-0.4, -0.2) is 177 Å². The van der Waals surface area contributed by atoms with Gasteiger partial charge < -0.3 is 75.2 Å². The number of primary amides is 1. The number of hydrogen-bond donors (Lipinski definition) is 7. The Kier molecular flexibility index (Phi) is 27.8. The number of methoxy groups -OCH3 is 2. The molecule has 5 rings (SSSR count). The highest BCUT2D eigenvalue weighted by molar-refractivity contribution is 6.35. The topological polar surface area (TPSA) is 346 Å². The molecular formula is C65H94ClN9O17. The van der Waals surface area contributed by atoms with Gasteiger partial charge in [0.05, 0.1) is 25.3 Å². The molecule has 2 aromatic rings. The third kappa shape index (κ3) is 21.1. The number of nitrogens with two attached hydrogens (primary N) is 1. The van der Waals surface area contributed by atoms with Crippen LogP contribution in [0, 0.1) is 17.8 Å². The van der Waals surface area contributed by atoms with Crippen LogP contribution in [0.2, 0.25) is 5.02 Å². The van der Waals surface area contributed by atoms with E-state index < -0.39 is 114 Å². The molecule has 3 heterocycles. The molecule has 10 atom stereocenters. The minimum atomic E-state index is -1.91. The van der Waals surface area contributed by atoms with Gasteiger partial charge in [-0.05, 0) is 101 Å². The van der Waals surface area contributed by atoms with Gasteiger partial charge >= 0.3 is 24.2 Å². The van der Waals surface area contributed by atoms with Crippen LogP contribution < -0.4 is 42.0 Å². The summed E-state index contributed by atoms with van der Waals surface area (Å²) in [6, 6.07) is 6.01. The molecule has 26 nitrogen and oxygen atoms in total. The Labute approximate surface area is 543 Å². The molecule has 2 fully saturated rings. The van der Waals surface area contributed by atoms with E-state index in [2.05, 4.69) is 26.6 Å². The zero-order valence-corrected chi connectivity index (χ0v) is 55.9. The Balaban J connectivity index is 1.20. The van der Waals surface area contributed by atoms with E-state index in [0.717, 1.165) is 16.0 Å². The smallest absolute Gasteiger partial charge is 0.409 e. The van der Waals surface area contributed by atoms with Crippen LogP contribution in [-0.2, 0) is 70.3 Å². The average molecular weight is 1310 g/mol. The molecule has 27 heteroatoms. The SMILES string of the molecule is COc1cc2cc(c1Cl)N(C)C(=O)C[C@H](OC(=O)[C@H](C)N(C)C(=O)CCN(C)C(=O)OCc1ccc(NC(=O)[C@H](CCCCNC(N)=O)NC(=O)[C@@H](NC(=O)CCCCC(=O)C(C)C)C(C)C)cc1)[C@]1(C)O[C@H]1[C@H](C)[C@@H]1C[C@@](O)(NC(=O)O1)[C@H](OC)/C=C/C=C(\C)C2. The summed E-state index contributed by atoms with van der Waals surface area (Å²) in [6.45, 7) is 13.9. The Morgan fingerprint density at radius 1 is 0.935 bits per heavy atom. The summed E-state index contributed by atoms with van der Waals surface area (Å²) in [5.74, 6) is -4.02. The number of nitrogens with one attached hydrogen (secondary N) is 5. The van der Waals surface area contributed by atoms with Crippen molar-refractivity contribution in [2.24, 2.45) is 23.5 Å². The molecular weight excluding hydrogens is 1210 g/mol. The first-order valence-electron chi connectivity index (χ1n) is 31.1. The van der Waals surface area contributed by atoms with Crippen molar-refractivity contribution in [3.05, 3.63) is 76.3 Å². The number of likely N-dealkylation sites (N-methyl/N-ethyl adjacent to an activating group) is 1. The van der Waals surface area contributed by atoms with Crippen molar-refractivity contribution in [3.8, 4) is 5.75 Å². The summed E-state index contributed by atoms with van der Waals surface area (Å²) in [5, 5.41) is 25.4. The van der Waals surface area contributed by atoms with E-state index in [0.29, 0.717) is 61.2 Å². The third-order valence-electron chi connectivity index (χ3n) is 16.9. The van der Waals surface area contributed by atoms with Crippen molar-refractivity contribution in [3.63, 3.8) is 0 Å². The van der Waals surface area contributed by atoms with Gasteiger partial charge in [0.25, 0.3) is 0 Å². The molecule has 0 radical (unpaired) electrons. The van der Waals surface area contributed by atoms with E-state index in [4.69, 9.17) is 45.8 Å². The fourth-order valence-electron chi connectivity index (χ4n) is 10.8. The summed E-state index contributed by atoms with van der Waals surface area (Å²) in [5.41, 5.74) is 4.80. The molecule has 3 aliphatic heterocycles. The largest absolute Gasteiger partial charge is 0.495 e. The predicted molar refractivity (Wildman–Crippen MR) is 342 cm³/mol. The minimum absolute atomic E-state index is 0.0921. The number of carbonyl (C=O) groups is 10. The van der Waals surface area contributed by atoms with Gasteiger partial charge in [0.1, 0.15) is 65.2 Å². The van der Waals surface area contributed by atoms with Crippen LogP contribution >= 0.6 is 11.6 Å². The van der Waals surface area contributed by atoms with Gasteiger partial charge in [0.2, 0.25) is 29.5 Å². The number of fused-ring (bicyclic) bond motifs is 5. The number of hydrogen-bond acceptors (Lipinski definition) is 17. The van der Waals surface area contributed by atoms with E-state index in [1.807, 2.05) is 26.8 Å². The first-order valence-corrected chi connectivity index (χ1v) is 31.5. The Morgan fingerprint density at radius 2 is 1.62 bits per heavy atom. The average Bonchev–Trinajstić information content (AvgIpc) is 1.58. The van der Waals surface area contributed by atoms with Gasteiger partial charge in [-0.1, -0.05) is 82.2 Å². The van der Waals surface area contributed by atoms with Crippen molar-refractivity contribution in [2.75, 3.05) is 58.7 Å². The first kappa shape index (κ1) is 74.9. The highest BCUT2D eigenvalue weighted by atomic mass is 35.5. The lowest BCUT2D eigenvalue weighted by Crippen LogP contribution is -2.63. The molecule has 4 bridgehead atoms. The van der Waals surface area contributed by atoms with Crippen LogP contribution in [0.15, 0.2) is 60.2 Å². The number of halogens is 1. The second-order valence-corrected chi connectivity index (χ2v) is 25.2. The Hall–Kier alpha value is -7.81. The number of allylic oxidation sites excluding steroid dienone is 3. The van der Waals surface area contributed by atoms with Crippen LogP contribution in [0.5, 0.6) is 5.75 Å². The van der Waals surface area contributed by atoms with Gasteiger partial charge in [-0.2, -0.15) is 0 Å². The van der Waals surface area contributed by atoms with Gasteiger partial charge in [-0.3, -0.25) is 34.1 Å². The zero-order chi connectivity index (χ0) is 68.4. The van der Waals surface area contributed by atoms with Crippen molar-refractivity contribution >= 4 is 82.5 Å². The van der Waals surface area contributed by atoms with Gasteiger partial charge in [0.15, 0.2) is 5.72 Å². The van der Waals surface area contributed by atoms with Crippen molar-refractivity contribution < 1.29 is 81.5 Å². The number of unbranched alkanes of at least 4 members (excludes halogenated alkanes) is 2. The Bertz CT molecular complexity index is 3030. The second-order valence-electron chi connectivity index (χ2n) is 24.8. The highest BCUT2D eigenvalue weighted by Gasteiger charge is 2.64. The van der Waals surface area contributed by atoms with E-state index in [1.54, 1.807) is 76.2 Å². The minimum Gasteiger partial charge on any atom is -0.495 e. The van der Waals surface area contributed by atoms with Gasteiger partial charge in [-0.25, -0.2) is 19.2 Å². The predicted octanol–water partition coefficient (Wildman–Crippen LogP) is 6.36. The molecule has 92 heavy (non-hydrogen) atoms.